The van der Waals surface area contributed by atoms with Gasteiger partial charge in [0.05, 0.1) is 26.4 Å². The maximum atomic E-state index is 13.1. The Morgan fingerprint density at radius 3 is 0.898 bits per heavy atom. The Balaban J connectivity index is 5.39. The molecule has 566 valence electrons. The molecule has 0 fully saturated rings. The van der Waals surface area contributed by atoms with Crippen molar-refractivity contribution in [3.8, 4) is 0 Å². The van der Waals surface area contributed by atoms with Crippen LogP contribution in [0.5, 0.6) is 0 Å². The van der Waals surface area contributed by atoms with E-state index in [1.54, 1.807) is 0 Å². The van der Waals surface area contributed by atoms with E-state index in [-0.39, 0.29) is 25.7 Å². The highest BCUT2D eigenvalue weighted by Crippen LogP contribution is 2.45. The summed E-state index contributed by atoms with van der Waals surface area (Å²) in [5.41, 5.74) is 0. The monoisotopic (exact) mass is 1420 g/mol. The van der Waals surface area contributed by atoms with E-state index in [0.717, 1.165) is 141 Å². The molecular formula is C79H138O17P2. The lowest BCUT2D eigenvalue weighted by Crippen LogP contribution is -2.30. The minimum Gasteiger partial charge on any atom is -0.462 e. The van der Waals surface area contributed by atoms with E-state index in [1.807, 2.05) is 12.2 Å². The molecule has 0 aromatic rings. The van der Waals surface area contributed by atoms with E-state index in [0.29, 0.717) is 32.1 Å². The highest BCUT2D eigenvalue weighted by molar-refractivity contribution is 7.47. The average Bonchev–Trinajstić information content (AvgIpc) is 0.969. The standard InChI is InChI=1S/C79H138O17P2/c1-5-9-13-17-21-25-29-33-35-36-38-42-44-48-52-56-60-64-77(82)90-70-75(96-79(84)66-62-58-54-50-46-40-32-28-24-20-16-12-8-4)72-94-98(87,88)92-68-73(80)67-91-97(85,86)93-71-74(95-78(83)65-61-57-53-49-45-39-31-27-23-19-15-11-7-3)69-89-76(81)63-59-55-51-47-43-41-37-34-30-26-22-18-14-10-6-2/h9,13,21-22,25-26,28,32-35,37-38,42,48,52,73-75,80H,5-8,10-12,14-20,23-24,27,29-31,36,39-41,43-47,49-51,53-72H2,1-4H3,(H,85,86)(H,87,88)/b13-9-,25-21-,26-22-,32-28-,35-33-,37-34-,42-38-,52-48-. The fourth-order valence-corrected chi connectivity index (χ4v) is 11.7. The van der Waals surface area contributed by atoms with Crippen molar-refractivity contribution in [1.29, 1.82) is 0 Å². The molecule has 0 aliphatic rings. The van der Waals surface area contributed by atoms with E-state index >= 15 is 0 Å². The first-order valence-corrected chi connectivity index (χ1v) is 41.5. The molecule has 0 saturated carbocycles. The highest BCUT2D eigenvalue weighted by Gasteiger charge is 2.30. The second-order valence-corrected chi connectivity index (χ2v) is 28.5. The number of unbranched alkanes of at least 4 members (excludes halogenated alkanes) is 30. The number of allylic oxidation sites excluding steroid dienone is 16. The smallest absolute Gasteiger partial charge is 0.462 e. The van der Waals surface area contributed by atoms with Crippen LogP contribution in [0.3, 0.4) is 0 Å². The quantitative estimate of drug-likeness (QED) is 0.0169. The molecule has 0 aliphatic carbocycles. The van der Waals surface area contributed by atoms with Gasteiger partial charge in [0.25, 0.3) is 0 Å². The summed E-state index contributed by atoms with van der Waals surface area (Å²) >= 11 is 0. The van der Waals surface area contributed by atoms with Crippen LogP contribution in [-0.2, 0) is 65.4 Å². The Bertz CT molecular complexity index is 2240. The summed E-state index contributed by atoms with van der Waals surface area (Å²) in [5.74, 6) is -2.25. The van der Waals surface area contributed by atoms with Crippen LogP contribution in [0, 0.1) is 0 Å². The molecule has 0 saturated heterocycles. The van der Waals surface area contributed by atoms with E-state index in [4.69, 9.17) is 37.0 Å². The molecule has 5 atom stereocenters. The van der Waals surface area contributed by atoms with Crippen molar-refractivity contribution >= 4 is 39.5 Å². The van der Waals surface area contributed by atoms with E-state index in [1.165, 1.54) is 96.3 Å². The first-order valence-electron chi connectivity index (χ1n) is 38.5. The van der Waals surface area contributed by atoms with Gasteiger partial charge >= 0.3 is 39.5 Å². The molecule has 0 aromatic carbocycles. The Hall–Kier alpha value is -4.02. The van der Waals surface area contributed by atoms with Crippen LogP contribution in [0.25, 0.3) is 0 Å². The first-order chi connectivity index (χ1) is 47.7. The number of aliphatic hydroxyl groups excluding tert-OH is 1. The molecule has 3 N–H and O–H groups in total. The number of esters is 4. The van der Waals surface area contributed by atoms with Crippen LogP contribution >= 0.6 is 15.6 Å². The van der Waals surface area contributed by atoms with Gasteiger partial charge in [0.1, 0.15) is 19.3 Å². The molecule has 0 rings (SSSR count). The number of ether oxygens (including phenoxy) is 4. The number of carbonyl (C=O) groups is 4. The first kappa shape index (κ1) is 94.0. The maximum absolute atomic E-state index is 13.1. The van der Waals surface area contributed by atoms with E-state index in [9.17, 15) is 43.2 Å². The molecular weight excluding hydrogens is 1280 g/mol. The zero-order chi connectivity index (χ0) is 71.8. The average molecular weight is 1420 g/mol. The Kier molecular flexibility index (Phi) is 68.4. The fourth-order valence-electron chi connectivity index (χ4n) is 10.2. The predicted octanol–water partition coefficient (Wildman–Crippen LogP) is 22.0. The summed E-state index contributed by atoms with van der Waals surface area (Å²) in [6.07, 6.45) is 74.0. The summed E-state index contributed by atoms with van der Waals surface area (Å²) in [5, 5.41) is 10.6. The lowest BCUT2D eigenvalue weighted by molar-refractivity contribution is -0.161. The van der Waals surface area contributed by atoms with Gasteiger partial charge in [0.2, 0.25) is 0 Å². The molecule has 17 nitrogen and oxygen atoms in total. The minimum atomic E-state index is -4.99. The molecule has 0 aliphatic heterocycles. The number of phosphoric ester groups is 2. The third kappa shape index (κ3) is 70.4. The van der Waals surface area contributed by atoms with Gasteiger partial charge in [-0.15, -0.1) is 0 Å². The van der Waals surface area contributed by atoms with Crippen molar-refractivity contribution in [3.05, 3.63) is 97.2 Å². The molecule has 0 heterocycles. The lowest BCUT2D eigenvalue weighted by atomic mass is 10.0. The largest absolute Gasteiger partial charge is 0.472 e. The summed E-state index contributed by atoms with van der Waals surface area (Å²) in [4.78, 5) is 72.8. The van der Waals surface area contributed by atoms with Gasteiger partial charge in [-0.1, -0.05) is 273 Å². The van der Waals surface area contributed by atoms with Gasteiger partial charge in [-0.25, -0.2) is 9.13 Å². The van der Waals surface area contributed by atoms with Gasteiger partial charge in [0, 0.05) is 25.7 Å². The number of hydrogen-bond acceptors (Lipinski definition) is 15. The third-order valence-electron chi connectivity index (χ3n) is 16.0. The normalized spacial score (nSPS) is 14.5. The zero-order valence-electron chi connectivity index (χ0n) is 61.7. The molecule has 0 radical (unpaired) electrons. The molecule has 0 amide bonds. The molecule has 0 aromatic heterocycles. The molecule has 0 bridgehead atoms. The Morgan fingerprint density at radius 1 is 0.296 bits per heavy atom. The van der Waals surface area contributed by atoms with Crippen molar-refractivity contribution in [2.24, 2.45) is 0 Å². The van der Waals surface area contributed by atoms with Gasteiger partial charge in [-0.05, 0) is 122 Å². The summed E-state index contributed by atoms with van der Waals surface area (Å²) < 4.78 is 68.4. The molecule has 5 unspecified atom stereocenters. The van der Waals surface area contributed by atoms with E-state index in [2.05, 4.69) is 113 Å². The van der Waals surface area contributed by atoms with Crippen LogP contribution in [0.15, 0.2) is 97.2 Å². The summed E-state index contributed by atoms with van der Waals surface area (Å²) in [6, 6.07) is 0. The molecule has 19 heteroatoms. The topological polar surface area (TPSA) is 237 Å². The molecule has 98 heavy (non-hydrogen) atoms. The minimum absolute atomic E-state index is 0.0727. The Morgan fingerprint density at radius 2 is 0.541 bits per heavy atom. The van der Waals surface area contributed by atoms with Gasteiger partial charge in [-0.2, -0.15) is 0 Å². The van der Waals surface area contributed by atoms with E-state index < -0.39 is 97.5 Å². The number of carbonyl (C=O) groups excluding carboxylic acids is 4. The van der Waals surface area contributed by atoms with Crippen molar-refractivity contribution in [2.75, 3.05) is 39.6 Å². The third-order valence-corrected chi connectivity index (χ3v) is 17.9. The Labute approximate surface area is 595 Å². The lowest BCUT2D eigenvalue weighted by Gasteiger charge is -2.21. The van der Waals surface area contributed by atoms with Crippen LogP contribution < -0.4 is 0 Å². The fraction of sp³-hybridized carbons (Fsp3) is 0.747. The van der Waals surface area contributed by atoms with Gasteiger partial charge in [0.15, 0.2) is 12.2 Å². The number of hydrogen-bond donors (Lipinski definition) is 3. The zero-order valence-corrected chi connectivity index (χ0v) is 63.5. The van der Waals surface area contributed by atoms with Crippen LogP contribution in [0.2, 0.25) is 0 Å². The van der Waals surface area contributed by atoms with Crippen LogP contribution in [-0.4, -0.2) is 96.7 Å². The van der Waals surface area contributed by atoms with Crippen molar-refractivity contribution in [1.82, 2.24) is 0 Å². The van der Waals surface area contributed by atoms with Crippen molar-refractivity contribution in [2.45, 2.75) is 341 Å². The number of aliphatic hydroxyl groups is 1. The number of phosphoric acid groups is 2. The maximum Gasteiger partial charge on any atom is 0.472 e. The number of rotatable bonds is 72. The summed E-state index contributed by atoms with van der Waals surface area (Å²) in [6.45, 7) is 4.65. The van der Waals surface area contributed by atoms with Gasteiger partial charge < -0.3 is 33.8 Å². The second kappa shape index (κ2) is 71.4. The highest BCUT2D eigenvalue weighted by atomic mass is 31.2. The summed E-state index contributed by atoms with van der Waals surface area (Å²) in [7, 11) is -9.96. The second-order valence-electron chi connectivity index (χ2n) is 25.6. The SMILES string of the molecule is CC/C=C\C/C=C\C/C=C\C/C=C\C/C=C\CCCC(=O)OCC(COP(=O)(O)OCC(O)COP(=O)(O)OCC(COC(=O)CCCCCCC/C=C\C/C=C\CCCCC)OC(=O)CCCCCCCCCCCCCCC)OC(=O)CCCCCCC/C=C\CCCCCC. The van der Waals surface area contributed by atoms with Gasteiger partial charge in [-0.3, -0.25) is 37.3 Å². The van der Waals surface area contributed by atoms with Crippen molar-refractivity contribution < 1.29 is 80.2 Å². The van der Waals surface area contributed by atoms with Crippen molar-refractivity contribution in [3.63, 3.8) is 0 Å². The van der Waals surface area contributed by atoms with Crippen LogP contribution in [0.4, 0.5) is 0 Å². The molecule has 0 spiro atoms. The predicted molar refractivity (Wildman–Crippen MR) is 399 cm³/mol. The van der Waals surface area contributed by atoms with Crippen LogP contribution in [0.1, 0.15) is 323 Å².